The lowest BCUT2D eigenvalue weighted by Gasteiger charge is -2.50. The molecule has 5 rings (SSSR count). The van der Waals surface area contributed by atoms with Crippen molar-refractivity contribution in [3.8, 4) is 11.1 Å². The summed E-state index contributed by atoms with van der Waals surface area (Å²) in [5.74, 6) is -1.37. The summed E-state index contributed by atoms with van der Waals surface area (Å²) in [7, 11) is -4.90. The Labute approximate surface area is 358 Å². The summed E-state index contributed by atoms with van der Waals surface area (Å²) < 4.78 is 38.2. The van der Waals surface area contributed by atoms with Crippen LogP contribution in [0.1, 0.15) is 78.0 Å². The van der Waals surface area contributed by atoms with Crippen LogP contribution in [0.5, 0.6) is 0 Å². The minimum absolute atomic E-state index is 0.0253. The van der Waals surface area contributed by atoms with Crippen LogP contribution >= 0.6 is 0 Å². The highest BCUT2D eigenvalue weighted by molar-refractivity contribution is 6.74. The van der Waals surface area contributed by atoms with Gasteiger partial charge in [0, 0.05) is 12.8 Å². The van der Waals surface area contributed by atoms with Crippen LogP contribution in [0.15, 0.2) is 78.9 Å². The minimum atomic E-state index is -2.59. The molecule has 0 aromatic heterocycles. The third kappa shape index (κ3) is 11.1. The number of fused-ring (bicyclic) bond motifs is 3. The maximum atomic E-state index is 14.0. The molecule has 12 nitrogen and oxygen atoms in total. The summed E-state index contributed by atoms with van der Waals surface area (Å²) >= 11 is 0. The number of hydrogen-bond acceptors (Lipinski definition) is 10. The molecule has 2 aliphatic rings. The van der Waals surface area contributed by atoms with Gasteiger partial charge in [0.05, 0.1) is 18.8 Å². The number of amides is 2. The lowest BCUT2D eigenvalue weighted by Crippen LogP contribution is -2.68. The first-order valence-corrected chi connectivity index (χ1v) is 26.7. The zero-order chi connectivity index (χ0) is 44.2. The first-order chi connectivity index (χ1) is 28.0. The Bertz CT molecular complexity index is 1900. The molecule has 3 aromatic rings. The average molecular weight is 863 g/mol. The van der Waals surface area contributed by atoms with Crippen molar-refractivity contribution in [3.63, 3.8) is 0 Å². The van der Waals surface area contributed by atoms with Gasteiger partial charge in [0.25, 0.3) is 0 Å². The zero-order valence-corrected chi connectivity index (χ0v) is 39.4. The number of carbonyl (C=O) groups is 3. The molecule has 328 valence electrons. The van der Waals surface area contributed by atoms with Gasteiger partial charge in [-0.2, -0.15) is 0 Å². The molecule has 0 bridgehead atoms. The second-order valence-electron chi connectivity index (χ2n) is 19.1. The van der Waals surface area contributed by atoms with E-state index >= 15 is 0 Å². The van der Waals surface area contributed by atoms with Gasteiger partial charge < -0.3 is 43.5 Å². The number of hydrogen-bond donors (Lipinski definition) is 3. The van der Waals surface area contributed by atoms with E-state index in [9.17, 15) is 19.5 Å². The van der Waals surface area contributed by atoms with Gasteiger partial charge in [0.1, 0.15) is 31.5 Å². The molecule has 0 saturated carbocycles. The number of nitrogens with one attached hydrogen (secondary N) is 2. The molecular weight excluding hydrogens is 797 g/mol. The number of aliphatic hydroxyl groups excluding tert-OH is 1. The number of benzene rings is 3. The van der Waals surface area contributed by atoms with E-state index < -0.39 is 77.4 Å². The Balaban J connectivity index is 1.42. The van der Waals surface area contributed by atoms with Gasteiger partial charge in [-0.3, -0.25) is 4.79 Å². The van der Waals surface area contributed by atoms with E-state index in [1.54, 1.807) is 6.92 Å². The van der Waals surface area contributed by atoms with Crippen LogP contribution in [0.4, 0.5) is 4.79 Å². The summed E-state index contributed by atoms with van der Waals surface area (Å²) in [5, 5.41) is 17.3. The third-order valence-electron chi connectivity index (χ3n) is 12.6. The number of carbonyl (C=O) groups excluding carboxylic acids is 3. The fourth-order valence-corrected chi connectivity index (χ4v) is 9.30. The highest BCUT2D eigenvalue weighted by atomic mass is 28.4. The number of esters is 1. The van der Waals surface area contributed by atoms with E-state index in [1.165, 1.54) is 6.92 Å². The molecule has 0 unspecified atom stereocenters. The Hall–Kier alpha value is -3.90. The highest BCUT2D eigenvalue weighted by Gasteiger charge is 2.53. The van der Waals surface area contributed by atoms with E-state index in [0.29, 0.717) is 0 Å². The van der Waals surface area contributed by atoms with Gasteiger partial charge in [0.15, 0.2) is 29.0 Å². The molecule has 1 fully saturated rings. The second-order valence-corrected chi connectivity index (χ2v) is 28.6. The molecule has 1 aliphatic carbocycles. The first kappa shape index (κ1) is 47.2. The van der Waals surface area contributed by atoms with Crippen LogP contribution in [0, 0.1) is 0 Å². The molecule has 3 aromatic carbocycles. The van der Waals surface area contributed by atoms with Gasteiger partial charge in [-0.05, 0) is 71.0 Å². The molecule has 0 spiro atoms. The van der Waals surface area contributed by atoms with Gasteiger partial charge in [-0.25, -0.2) is 9.59 Å². The molecule has 1 aliphatic heterocycles. The summed E-state index contributed by atoms with van der Waals surface area (Å²) in [5.41, 5.74) is 5.02. The van der Waals surface area contributed by atoms with Crippen LogP contribution < -0.4 is 10.6 Å². The number of alkyl carbamates (subject to hydrolysis) is 1. The van der Waals surface area contributed by atoms with Crippen LogP contribution in [0.3, 0.4) is 0 Å². The standard InChI is InChI=1S/C46H66N2O10Si2/c1-29(56-43-39(47-30(2)49)41(58-60(11,12)46(6,7)8)40(50)37(57-43)28-55-59(9,10)45(3,4)5)38(42(51)53-26-31-20-14-13-15-21-31)48-44(52)54-27-36-34-24-18-16-22-32(34)33-23-17-19-25-35(33)36/h13-25,29,36-41,43,50H,26-28H2,1-12H3,(H,47,49)(H,48,52)/t29-,37-,38+,39-,40+,41-,43-/m1/s1. The predicted octanol–water partition coefficient (Wildman–Crippen LogP) is 8.04. The van der Waals surface area contributed by atoms with Crippen molar-refractivity contribution in [2.75, 3.05) is 13.2 Å². The fourth-order valence-electron chi connectivity index (χ4n) is 6.97. The molecule has 60 heavy (non-hydrogen) atoms. The topological polar surface area (TPSA) is 151 Å². The monoisotopic (exact) mass is 862 g/mol. The molecular formula is C46H66N2O10Si2. The molecule has 2 amide bonds. The quantitative estimate of drug-likeness (QED) is 0.101. The van der Waals surface area contributed by atoms with E-state index in [-0.39, 0.29) is 35.8 Å². The minimum Gasteiger partial charge on any atom is -0.459 e. The second kappa shape index (κ2) is 19.0. The van der Waals surface area contributed by atoms with Crippen molar-refractivity contribution in [2.24, 2.45) is 0 Å². The van der Waals surface area contributed by atoms with Gasteiger partial charge >= 0.3 is 12.1 Å². The van der Waals surface area contributed by atoms with Crippen molar-refractivity contribution < 1.29 is 47.3 Å². The van der Waals surface area contributed by atoms with E-state index in [1.807, 2.05) is 66.7 Å². The van der Waals surface area contributed by atoms with Crippen LogP contribution in [-0.2, 0) is 44.0 Å². The smallest absolute Gasteiger partial charge is 0.407 e. The molecule has 3 N–H and O–H groups in total. The highest BCUT2D eigenvalue weighted by Crippen LogP contribution is 2.45. The van der Waals surface area contributed by atoms with Crippen LogP contribution in [0.2, 0.25) is 36.3 Å². The SMILES string of the molecule is CC(=O)N[C@H]1[C@H](O[C@H](C)[C@H](NC(=O)OCC2c3ccccc3-c3ccccc32)C(=O)OCc2ccccc2)O[C@H](CO[Si](C)(C)C(C)(C)C)[C@H](O)[C@@H]1O[Si](C)(C)C(C)(C)C. The first-order valence-electron chi connectivity index (χ1n) is 20.9. The number of aliphatic hydroxyl groups is 1. The zero-order valence-electron chi connectivity index (χ0n) is 37.4. The van der Waals surface area contributed by atoms with Crippen LogP contribution in [-0.4, -0.2) is 95.7 Å². The molecule has 1 saturated heterocycles. The van der Waals surface area contributed by atoms with Gasteiger partial charge in [0.2, 0.25) is 5.91 Å². The number of rotatable bonds is 15. The van der Waals surface area contributed by atoms with Gasteiger partial charge in [-0.15, -0.1) is 0 Å². The third-order valence-corrected chi connectivity index (χ3v) is 21.6. The lowest BCUT2D eigenvalue weighted by atomic mass is 9.96. The van der Waals surface area contributed by atoms with Crippen molar-refractivity contribution in [1.82, 2.24) is 10.6 Å². The largest absolute Gasteiger partial charge is 0.459 e. The summed E-state index contributed by atoms with van der Waals surface area (Å²) in [6, 6.07) is 22.9. The lowest BCUT2D eigenvalue weighted by molar-refractivity contribution is -0.279. The van der Waals surface area contributed by atoms with E-state index in [2.05, 4.69) is 90.5 Å². The molecule has 7 atom stereocenters. The summed E-state index contributed by atoms with van der Waals surface area (Å²) in [6.07, 6.45) is -6.28. The van der Waals surface area contributed by atoms with E-state index in [0.717, 1.165) is 27.8 Å². The summed E-state index contributed by atoms with van der Waals surface area (Å²) in [4.78, 5) is 40.6. The van der Waals surface area contributed by atoms with Crippen molar-refractivity contribution in [2.45, 2.75) is 147 Å². The average Bonchev–Trinajstić information content (AvgIpc) is 3.49. The molecule has 14 heteroatoms. The summed E-state index contributed by atoms with van der Waals surface area (Å²) in [6.45, 7) is 24.0. The van der Waals surface area contributed by atoms with Crippen molar-refractivity contribution in [3.05, 3.63) is 95.6 Å². The Morgan fingerprint density at radius 3 is 1.88 bits per heavy atom. The van der Waals surface area contributed by atoms with Crippen LogP contribution in [0.25, 0.3) is 11.1 Å². The Morgan fingerprint density at radius 2 is 1.33 bits per heavy atom. The molecule has 1 heterocycles. The Kier molecular flexibility index (Phi) is 14.9. The molecule has 0 radical (unpaired) electrons. The fraction of sp³-hybridized carbons (Fsp3) is 0.543. The number of ether oxygens (including phenoxy) is 4. The maximum absolute atomic E-state index is 14.0. The van der Waals surface area contributed by atoms with Crippen molar-refractivity contribution in [1.29, 1.82) is 0 Å². The van der Waals surface area contributed by atoms with Crippen molar-refractivity contribution >= 4 is 34.6 Å². The maximum Gasteiger partial charge on any atom is 0.407 e. The predicted molar refractivity (Wildman–Crippen MR) is 236 cm³/mol. The Morgan fingerprint density at radius 1 is 0.783 bits per heavy atom. The normalized spacial score (nSPS) is 21.9. The van der Waals surface area contributed by atoms with E-state index in [4.69, 9.17) is 27.8 Å². The van der Waals surface area contributed by atoms with Gasteiger partial charge in [-0.1, -0.05) is 120 Å².